The Balaban J connectivity index is 1.79. The maximum absolute atomic E-state index is 12.5. The van der Waals surface area contributed by atoms with Gasteiger partial charge in [0, 0.05) is 16.9 Å². The molecule has 0 aliphatic carbocycles. The fraction of sp³-hybridized carbons (Fsp3) is 0.0476. The second-order valence-electron chi connectivity index (χ2n) is 6.15. The van der Waals surface area contributed by atoms with Gasteiger partial charge < -0.3 is 5.32 Å². The number of carbonyl (C=O) groups is 1. The maximum Gasteiger partial charge on any atom is 0.261 e. The maximum atomic E-state index is 12.5. The Bertz CT molecular complexity index is 1160. The van der Waals surface area contributed by atoms with Crippen molar-refractivity contribution in [1.29, 1.82) is 5.26 Å². The van der Waals surface area contributed by atoms with Crippen LogP contribution in [0.3, 0.4) is 0 Å². The smallest absolute Gasteiger partial charge is 0.261 e. The molecule has 2 N–H and O–H groups in total. The first-order valence-electron chi connectivity index (χ1n) is 8.38. The molecule has 1 amide bonds. The van der Waals surface area contributed by atoms with E-state index in [-0.39, 0.29) is 16.1 Å². The molecule has 0 fully saturated rings. The minimum atomic E-state index is -3.76. The summed E-state index contributed by atoms with van der Waals surface area (Å²) < 4.78 is 27.5. The molecule has 0 heterocycles. The van der Waals surface area contributed by atoms with Gasteiger partial charge in [-0.25, -0.2) is 8.42 Å². The van der Waals surface area contributed by atoms with E-state index < -0.39 is 15.9 Å². The second-order valence-corrected chi connectivity index (χ2v) is 7.83. The molecule has 0 aromatic heterocycles. The van der Waals surface area contributed by atoms with Gasteiger partial charge in [-0.2, -0.15) is 5.26 Å². The SMILES string of the molecule is Cc1ccc(S(=O)(=O)Nc2cccc(C(=O)Nc3cccc(C#N)c3)c2)cc1. The zero-order chi connectivity index (χ0) is 20.1. The molecule has 3 aromatic rings. The van der Waals surface area contributed by atoms with Crippen LogP contribution >= 0.6 is 0 Å². The predicted molar refractivity (Wildman–Crippen MR) is 108 cm³/mol. The van der Waals surface area contributed by atoms with Gasteiger partial charge in [0.15, 0.2) is 0 Å². The van der Waals surface area contributed by atoms with Crippen LogP contribution in [0.15, 0.2) is 77.7 Å². The molecule has 3 aromatic carbocycles. The highest BCUT2D eigenvalue weighted by Gasteiger charge is 2.15. The molecule has 3 rings (SSSR count). The summed E-state index contributed by atoms with van der Waals surface area (Å²) in [6.07, 6.45) is 0. The van der Waals surface area contributed by atoms with Crippen LogP contribution in [0.5, 0.6) is 0 Å². The molecule has 0 saturated carbocycles. The van der Waals surface area contributed by atoms with Crippen LogP contribution in [0.2, 0.25) is 0 Å². The van der Waals surface area contributed by atoms with Crippen molar-refractivity contribution in [2.45, 2.75) is 11.8 Å². The van der Waals surface area contributed by atoms with Crippen LogP contribution in [-0.2, 0) is 10.0 Å². The third-order valence-corrected chi connectivity index (χ3v) is 5.35. The van der Waals surface area contributed by atoms with Crippen molar-refractivity contribution in [2.24, 2.45) is 0 Å². The van der Waals surface area contributed by atoms with Crippen molar-refractivity contribution >= 4 is 27.3 Å². The number of benzene rings is 3. The molecular weight excluding hydrogens is 374 g/mol. The van der Waals surface area contributed by atoms with Crippen LogP contribution in [0.1, 0.15) is 21.5 Å². The quantitative estimate of drug-likeness (QED) is 0.688. The number of nitriles is 1. The number of nitrogens with zero attached hydrogens (tertiary/aromatic N) is 1. The zero-order valence-corrected chi connectivity index (χ0v) is 15.8. The summed E-state index contributed by atoms with van der Waals surface area (Å²) in [4.78, 5) is 12.6. The number of nitrogens with one attached hydrogen (secondary N) is 2. The lowest BCUT2D eigenvalue weighted by atomic mass is 10.1. The summed E-state index contributed by atoms with van der Waals surface area (Å²) >= 11 is 0. The molecule has 0 bridgehead atoms. The van der Waals surface area contributed by atoms with E-state index in [9.17, 15) is 13.2 Å². The number of rotatable bonds is 5. The number of hydrogen-bond acceptors (Lipinski definition) is 4. The average molecular weight is 391 g/mol. The van der Waals surface area contributed by atoms with Gasteiger partial charge in [0.1, 0.15) is 0 Å². The number of carbonyl (C=O) groups excluding carboxylic acids is 1. The minimum absolute atomic E-state index is 0.140. The summed E-state index contributed by atoms with van der Waals surface area (Å²) in [6, 6.07) is 21.2. The fourth-order valence-electron chi connectivity index (χ4n) is 2.53. The van der Waals surface area contributed by atoms with E-state index in [2.05, 4.69) is 10.0 Å². The van der Waals surface area contributed by atoms with Crippen LogP contribution < -0.4 is 10.0 Å². The summed E-state index contributed by atoms with van der Waals surface area (Å²) in [5.41, 5.74) is 2.43. The molecule has 6 nitrogen and oxygen atoms in total. The average Bonchev–Trinajstić information content (AvgIpc) is 2.68. The number of aryl methyl sites for hydroxylation is 1. The number of hydrogen-bond donors (Lipinski definition) is 2. The topological polar surface area (TPSA) is 99.1 Å². The highest BCUT2D eigenvalue weighted by atomic mass is 32.2. The molecule has 0 radical (unpaired) electrons. The summed E-state index contributed by atoms with van der Waals surface area (Å²) in [7, 11) is -3.76. The van der Waals surface area contributed by atoms with E-state index in [0.717, 1.165) is 5.56 Å². The molecule has 0 unspecified atom stereocenters. The van der Waals surface area contributed by atoms with Crippen molar-refractivity contribution in [3.63, 3.8) is 0 Å². The van der Waals surface area contributed by atoms with E-state index in [0.29, 0.717) is 11.3 Å². The van der Waals surface area contributed by atoms with Gasteiger partial charge >= 0.3 is 0 Å². The van der Waals surface area contributed by atoms with Crippen molar-refractivity contribution < 1.29 is 13.2 Å². The van der Waals surface area contributed by atoms with Crippen LogP contribution in [-0.4, -0.2) is 14.3 Å². The third-order valence-electron chi connectivity index (χ3n) is 3.96. The van der Waals surface area contributed by atoms with Gasteiger partial charge in [-0.1, -0.05) is 29.8 Å². The number of sulfonamides is 1. The Kier molecular flexibility index (Phi) is 5.43. The molecule has 7 heteroatoms. The summed E-state index contributed by atoms with van der Waals surface area (Å²) in [5, 5.41) is 11.6. The molecule has 0 aliphatic heterocycles. The molecule has 0 atom stereocenters. The Labute approximate surface area is 163 Å². The standard InChI is InChI=1S/C21H17N3O3S/c1-15-8-10-20(11-9-15)28(26,27)24-19-7-3-5-17(13-19)21(25)23-18-6-2-4-16(12-18)14-22/h2-13,24H,1H3,(H,23,25). The number of amides is 1. The van der Waals surface area contributed by atoms with E-state index in [1.165, 1.54) is 18.2 Å². The molecule has 140 valence electrons. The number of anilines is 2. The van der Waals surface area contributed by atoms with Gasteiger partial charge in [-0.15, -0.1) is 0 Å². The lowest BCUT2D eigenvalue weighted by Gasteiger charge is -2.10. The first kappa shape index (κ1) is 19.1. The minimum Gasteiger partial charge on any atom is -0.322 e. The highest BCUT2D eigenvalue weighted by molar-refractivity contribution is 7.92. The first-order chi connectivity index (χ1) is 13.4. The lowest BCUT2D eigenvalue weighted by Crippen LogP contribution is -2.15. The largest absolute Gasteiger partial charge is 0.322 e. The van der Waals surface area contributed by atoms with Crippen molar-refractivity contribution in [3.05, 3.63) is 89.5 Å². The molecule has 28 heavy (non-hydrogen) atoms. The van der Waals surface area contributed by atoms with Crippen LogP contribution in [0.4, 0.5) is 11.4 Å². The van der Waals surface area contributed by atoms with E-state index in [1.54, 1.807) is 54.6 Å². The van der Waals surface area contributed by atoms with Gasteiger partial charge in [0.2, 0.25) is 0 Å². The van der Waals surface area contributed by atoms with Gasteiger partial charge in [-0.05, 0) is 55.5 Å². The second kappa shape index (κ2) is 7.94. The van der Waals surface area contributed by atoms with Gasteiger partial charge in [0.25, 0.3) is 15.9 Å². The van der Waals surface area contributed by atoms with Gasteiger partial charge in [-0.3, -0.25) is 9.52 Å². The van der Waals surface area contributed by atoms with Crippen LogP contribution in [0, 0.1) is 18.3 Å². The normalized spacial score (nSPS) is 10.7. The van der Waals surface area contributed by atoms with Crippen LogP contribution in [0.25, 0.3) is 0 Å². The Morgan fingerprint density at radius 2 is 1.61 bits per heavy atom. The molecule has 0 aliphatic rings. The van der Waals surface area contributed by atoms with Crippen molar-refractivity contribution in [3.8, 4) is 6.07 Å². The van der Waals surface area contributed by atoms with Crippen molar-refractivity contribution in [2.75, 3.05) is 10.0 Å². The Morgan fingerprint density at radius 3 is 2.32 bits per heavy atom. The third kappa shape index (κ3) is 4.55. The predicted octanol–water partition coefficient (Wildman–Crippen LogP) is 3.92. The van der Waals surface area contributed by atoms with E-state index >= 15 is 0 Å². The van der Waals surface area contributed by atoms with E-state index in [4.69, 9.17) is 5.26 Å². The fourth-order valence-corrected chi connectivity index (χ4v) is 3.57. The van der Waals surface area contributed by atoms with E-state index in [1.807, 2.05) is 13.0 Å². The first-order valence-corrected chi connectivity index (χ1v) is 9.87. The zero-order valence-electron chi connectivity index (χ0n) is 15.0. The monoisotopic (exact) mass is 391 g/mol. The molecular formula is C21H17N3O3S. The molecule has 0 spiro atoms. The highest BCUT2D eigenvalue weighted by Crippen LogP contribution is 2.19. The summed E-state index contributed by atoms with van der Waals surface area (Å²) in [6.45, 7) is 1.87. The van der Waals surface area contributed by atoms with Gasteiger partial charge in [0.05, 0.1) is 16.5 Å². The lowest BCUT2D eigenvalue weighted by molar-refractivity contribution is 0.102. The summed E-state index contributed by atoms with van der Waals surface area (Å²) in [5.74, 6) is -0.411. The van der Waals surface area contributed by atoms with Crippen molar-refractivity contribution in [1.82, 2.24) is 0 Å². The Morgan fingerprint density at radius 1 is 0.929 bits per heavy atom. The molecule has 0 saturated heterocycles. The Hall–Kier alpha value is -3.63.